The number of para-hydroxylation sites is 1. The molecule has 2 amide bonds. The summed E-state index contributed by atoms with van der Waals surface area (Å²) >= 11 is 0. The van der Waals surface area contributed by atoms with E-state index in [0.717, 1.165) is 22.5 Å². The molecule has 0 aliphatic carbocycles. The minimum Gasteiger partial charge on any atom is -0.376 e. The molecule has 0 atom stereocenters. The first kappa shape index (κ1) is 19.5. The average molecular weight is 353 g/mol. The van der Waals surface area contributed by atoms with Crippen LogP contribution in [-0.4, -0.2) is 18.4 Å². The lowest BCUT2D eigenvalue weighted by molar-refractivity contribution is -0.115. The molecule has 0 aliphatic heterocycles. The third-order valence-electron chi connectivity index (χ3n) is 4.01. The van der Waals surface area contributed by atoms with Gasteiger partial charge >= 0.3 is 0 Å². The fourth-order valence-electron chi connectivity index (χ4n) is 2.71. The summed E-state index contributed by atoms with van der Waals surface area (Å²) in [5.41, 5.74) is 4.38. The molecule has 2 aromatic carbocycles. The van der Waals surface area contributed by atoms with Crippen molar-refractivity contribution >= 4 is 28.9 Å². The zero-order chi connectivity index (χ0) is 19.3. The first-order chi connectivity index (χ1) is 12.2. The predicted molar refractivity (Wildman–Crippen MR) is 108 cm³/mol. The molecule has 0 aromatic heterocycles. The van der Waals surface area contributed by atoms with Crippen molar-refractivity contribution in [2.45, 2.75) is 40.0 Å². The Bertz CT molecular complexity index is 807. The average Bonchev–Trinajstić information content (AvgIpc) is 2.54. The van der Waals surface area contributed by atoms with Crippen LogP contribution >= 0.6 is 0 Å². The number of benzene rings is 2. The van der Waals surface area contributed by atoms with E-state index in [4.69, 9.17) is 0 Å². The van der Waals surface area contributed by atoms with Gasteiger partial charge in [-0.2, -0.15) is 0 Å². The Balaban J connectivity index is 2.05. The van der Waals surface area contributed by atoms with Gasteiger partial charge in [0.05, 0.1) is 6.54 Å². The highest BCUT2D eigenvalue weighted by molar-refractivity contribution is 5.95. The number of hydrogen-bond donors (Lipinski definition) is 3. The number of anilines is 3. The fraction of sp³-hybridized carbons (Fsp3) is 0.333. The second-order valence-corrected chi connectivity index (χ2v) is 7.41. The molecule has 5 heteroatoms. The Labute approximate surface area is 155 Å². The van der Waals surface area contributed by atoms with E-state index in [1.54, 1.807) is 0 Å². The van der Waals surface area contributed by atoms with Crippen molar-refractivity contribution in [1.82, 2.24) is 0 Å². The minimum atomic E-state index is -0.128. The van der Waals surface area contributed by atoms with E-state index in [2.05, 4.69) is 36.7 Å². The summed E-state index contributed by atoms with van der Waals surface area (Å²) in [5.74, 6) is -0.248. The van der Waals surface area contributed by atoms with Gasteiger partial charge in [-0.1, -0.05) is 45.0 Å². The second kappa shape index (κ2) is 8.04. The molecule has 0 heterocycles. The first-order valence-electron chi connectivity index (χ1n) is 8.68. The van der Waals surface area contributed by atoms with Gasteiger partial charge < -0.3 is 16.0 Å². The van der Waals surface area contributed by atoms with Gasteiger partial charge in [-0.25, -0.2) is 0 Å². The van der Waals surface area contributed by atoms with Crippen LogP contribution < -0.4 is 16.0 Å². The van der Waals surface area contributed by atoms with Gasteiger partial charge in [0.25, 0.3) is 0 Å². The predicted octanol–water partition coefficient (Wildman–Crippen LogP) is 4.30. The summed E-state index contributed by atoms with van der Waals surface area (Å²) in [5, 5.41) is 8.87. The minimum absolute atomic E-state index is 0.0550. The third kappa shape index (κ3) is 5.34. The second-order valence-electron chi connectivity index (χ2n) is 7.41. The van der Waals surface area contributed by atoms with Gasteiger partial charge in [0.1, 0.15) is 0 Å². The first-order valence-corrected chi connectivity index (χ1v) is 8.68. The van der Waals surface area contributed by atoms with Crippen molar-refractivity contribution in [3.8, 4) is 0 Å². The summed E-state index contributed by atoms with van der Waals surface area (Å²) in [6.45, 7) is 9.91. The van der Waals surface area contributed by atoms with Crippen molar-refractivity contribution in [2.75, 3.05) is 22.5 Å². The Morgan fingerprint density at radius 1 is 0.962 bits per heavy atom. The molecular formula is C21H27N3O2. The van der Waals surface area contributed by atoms with Crippen LogP contribution in [0.5, 0.6) is 0 Å². The van der Waals surface area contributed by atoms with E-state index in [-0.39, 0.29) is 23.8 Å². The van der Waals surface area contributed by atoms with Crippen LogP contribution in [0.15, 0.2) is 42.5 Å². The molecule has 138 valence electrons. The standard InChI is InChI=1S/C21H27N3O2/c1-14-10-11-16(23-15(2)25)12-19(14)22-13-20(26)24-18-9-7-6-8-17(18)21(3,4)5/h6-12,22H,13H2,1-5H3,(H,23,25)(H,24,26). The zero-order valence-electron chi connectivity index (χ0n) is 16.1. The van der Waals surface area contributed by atoms with Gasteiger partial charge in [-0.05, 0) is 41.7 Å². The summed E-state index contributed by atoms with van der Waals surface area (Å²) in [7, 11) is 0. The summed E-state index contributed by atoms with van der Waals surface area (Å²) in [6, 6.07) is 13.4. The van der Waals surface area contributed by atoms with Crippen molar-refractivity contribution in [1.29, 1.82) is 0 Å². The lowest BCUT2D eigenvalue weighted by Gasteiger charge is -2.23. The molecule has 2 rings (SSSR count). The van der Waals surface area contributed by atoms with E-state index >= 15 is 0 Å². The molecule has 26 heavy (non-hydrogen) atoms. The largest absolute Gasteiger partial charge is 0.376 e. The Morgan fingerprint density at radius 3 is 2.31 bits per heavy atom. The molecular weight excluding hydrogens is 326 g/mol. The van der Waals surface area contributed by atoms with Gasteiger partial charge in [0, 0.05) is 24.0 Å². The van der Waals surface area contributed by atoms with Gasteiger partial charge in [0.15, 0.2) is 0 Å². The molecule has 3 N–H and O–H groups in total. The maximum atomic E-state index is 12.4. The third-order valence-corrected chi connectivity index (χ3v) is 4.01. The van der Waals surface area contributed by atoms with Crippen LogP contribution in [0, 0.1) is 6.92 Å². The lowest BCUT2D eigenvalue weighted by atomic mass is 9.86. The van der Waals surface area contributed by atoms with Crippen LogP contribution in [0.4, 0.5) is 17.1 Å². The maximum Gasteiger partial charge on any atom is 0.243 e. The smallest absolute Gasteiger partial charge is 0.243 e. The van der Waals surface area contributed by atoms with Crippen molar-refractivity contribution in [3.63, 3.8) is 0 Å². The normalized spacial score (nSPS) is 11.0. The van der Waals surface area contributed by atoms with Crippen LogP contribution in [0.2, 0.25) is 0 Å². The molecule has 5 nitrogen and oxygen atoms in total. The van der Waals surface area contributed by atoms with E-state index < -0.39 is 0 Å². The molecule has 0 spiro atoms. The molecule has 0 fully saturated rings. The highest BCUT2D eigenvalue weighted by atomic mass is 16.2. The molecule has 0 unspecified atom stereocenters. The number of hydrogen-bond acceptors (Lipinski definition) is 3. The van der Waals surface area contributed by atoms with Crippen molar-refractivity contribution in [2.24, 2.45) is 0 Å². The fourth-order valence-corrected chi connectivity index (χ4v) is 2.71. The molecule has 0 bridgehead atoms. The molecule has 0 aliphatic rings. The van der Waals surface area contributed by atoms with Gasteiger partial charge in [-0.15, -0.1) is 0 Å². The maximum absolute atomic E-state index is 12.4. The van der Waals surface area contributed by atoms with Crippen LogP contribution in [-0.2, 0) is 15.0 Å². The Kier molecular flexibility index (Phi) is 6.03. The van der Waals surface area contributed by atoms with Crippen LogP contribution in [0.3, 0.4) is 0 Å². The topological polar surface area (TPSA) is 70.2 Å². The quantitative estimate of drug-likeness (QED) is 0.750. The number of rotatable bonds is 5. The zero-order valence-corrected chi connectivity index (χ0v) is 16.1. The highest BCUT2D eigenvalue weighted by Crippen LogP contribution is 2.29. The van der Waals surface area contributed by atoms with Crippen molar-refractivity contribution < 1.29 is 9.59 Å². The number of amides is 2. The SMILES string of the molecule is CC(=O)Nc1ccc(C)c(NCC(=O)Nc2ccccc2C(C)(C)C)c1. The Hall–Kier alpha value is -2.82. The number of carbonyl (C=O) groups is 2. The molecule has 0 radical (unpaired) electrons. The number of aryl methyl sites for hydroxylation is 1. The van der Waals surface area contributed by atoms with Crippen LogP contribution in [0.25, 0.3) is 0 Å². The number of carbonyl (C=O) groups excluding carboxylic acids is 2. The van der Waals surface area contributed by atoms with E-state index in [9.17, 15) is 9.59 Å². The monoisotopic (exact) mass is 353 g/mol. The highest BCUT2D eigenvalue weighted by Gasteiger charge is 2.18. The van der Waals surface area contributed by atoms with E-state index in [1.165, 1.54) is 6.92 Å². The van der Waals surface area contributed by atoms with Gasteiger partial charge in [0.2, 0.25) is 11.8 Å². The van der Waals surface area contributed by atoms with E-state index in [1.807, 2.05) is 49.4 Å². The van der Waals surface area contributed by atoms with Crippen LogP contribution in [0.1, 0.15) is 38.8 Å². The van der Waals surface area contributed by atoms with Crippen molar-refractivity contribution in [3.05, 3.63) is 53.6 Å². The summed E-state index contributed by atoms with van der Waals surface area (Å²) < 4.78 is 0. The molecule has 0 saturated heterocycles. The Morgan fingerprint density at radius 2 is 1.65 bits per heavy atom. The molecule has 2 aromatic rings. The molecule has 0 saturated carbocycles. The number of nitrogens with one attached hydrogen (secondary N) is 3. The van der Waals surface area contributed by atoms with E-state index in [0.29, 0.717) is 5.69 Å². The van der Waals surface area contributed by atoms with Gasteiger partial charge in [-0.3, -0.25) is 9.59 Å². The lowest BCUT2D eigenvalue weighted by Crippen LogP contribution is -2.24. The summed E-state index contributed by atoms with van der Waals surface area (Å²) in [6.07, 6.45) is 0. The summed E-state index contributed by atoms with van der Waals surface area (Å²) in [4.78, 5) is 23.6.